The SMILES string of the molecule is CCCOc1cncc(C(NCC)C2(C)CCCS2)c1. The summed E-state index contributed by atoms with van der Waals surface area (Å²) in [6.07, 6.45) is 7.38. The second kappa shape index (κ2) is 7.32. The minimum absolute atomic E-state index is 0.265. The van der Waals surface area contributed by atoms with Crippen molar-refractivity contribution < 1.29 is 4.74 Å². The van der Waals surface area contributed by atoms with Crippen LogP contribution in [0.15, 0.2) is 18.5 Å². The normalized spacial score (nSPS) is 23.8. The van der Waals surface area contributed by atoms with Crippen molar-refractivity contribution in [2.75, 3.05) is 18.9 Å². The first-order valence-electron chi connectivity index (χ1n) is 7.64. The smallest absolute Gasteiger partial charge is 0.137 e. The second-order valence-electron chi connectivity index (χ2n) is 5.56. The largest absolute Gasteiger partial charge is 0.492 e. The minimum Gasteiger partial charge on any atom is -0.492 e. The van der Waals surface area contributed by atoms with Crippen molar-refractivity contribution in [3.63, 3.8) is 0 Å². The van der Waals surface area contributed by atoms with Crippen LogP contribution in [0.1, 0.15) is 51.6 Å². The third-order valence-corrected chi connectivity index (χ3v) is 5.40. The lowest BCUT2D eigenvalue weighted by atomic mass is 9.91. The maximum Gasteiger partial charge on any atom is 0.137 e. The number of hydrogen-bond donors (Lipinski definition) is 1. The van der Waals surface area contributed by atoms with Crippen LogP contribution in [0.4, 0.5) is 0 Å². The molecular weight excluding hydrogens is 268 g/mol. The Labute approximate surface area is 126 Å². The van der Waals surface area contributed by atoms with Crippen LogP contribution in [0.25, 0.3) is 0 Å². The van der Waals surface area contributed by atoms with E-state index >= 15 is 0 Å². The number of hydrogen-bond acceptors (Lipinski definition) is 4. The van der Waals surface area contributed by atoms with Crippen molar-refractivity contribution in [3.8, 4) is 5.75 Å². The van der Waals surface area contributed by atoms with Crippen molar-refractivity contribution in [3.05, 3.63) is 24.0 Å². The van der Waals surface area contributed by atoms with Gasteiger partial charge in [0.15, 0.2) is 0 Å². The Kier molecular flexibility index (Phi) is 5.73. The lowest BCUT2D eigenvalue weighted by molar-refractivity contribution is 0.314. The van der Waals surface area contributed by atoms with E-state index in [1.54, 1.807) is 0 Å². The Morgan fingerprint density at radius 1 is 1.45 bits per heavy atom. The van der Waals surface area contributed by atoms with Crippen molar-refractivity contribution in [2.24, 2.45) is 0 Å². The van der Waals surface area contributed by atoms with E-state index in [0.717, 1.165) is 25.3 Å². The van der Waals surface area contributed by atoms with E-state index in [1.807, 2.05) is 12.4 Å². The molecule has 2 unspecified atom stereocenters. The van der Waals surface area contributed by atoms with Crippen molar-refractivity contribution >= 4 is 11.8 Å². The van der Waals surface area contributed by atoms with Crippen LogP contribution < -0.4 is 10.1 Å². The molecule has 3 nitrogen and oxygen atoms in total. The van der Waals surface area contributed by atoms with Gasteiger partial charge in [-0.05, 0) is 50.1 Å². The Balaban J connectivity index is 2.20. The maximum absolute atomic E-state index is 5.72. The zero-order valence-electron chi connectivity index (χ0n) is 12.8. The summed E-state index contributed by atoms with van der Waals surface area (Å²) in [6.45, 7) is 8.39. The van der Waals surface area contributed by atoms with Crippen molar-refractivity contribution in [1.82, 2.24) is 10.3 Å². The van der Waals surface area contributed by atoms with Crippen LogP contribution in [-0.4, -0.2) is 28.6 Å². The van der Waals surface area contributed by atoms with E-state index in [2.05, 4.69) is 48.9 Å². The molecule has 1 aromatic heterocycles. The van der Waals surface area contributed by atoms with E-state index < -0.39 is 0 Å². The zero-order valence-corrected chi connectivity index (χ0v) is 13.6. The topological polar surface area (TPSA) is 34.1 Å². The summed E-state index contributed by atoms with van der Waals surface area (Å²) >= 11 is 2.08. The van der Waals surface area contributed by atoms with Gasteiger partial charge in [-0.3, -0.25) is 4.98 Å². The van der Waals surface area contributed by atoms with Crippen LogP contribution >= 0.6 is 11.8 Å². The first kappa shape index (κ1) is 15.6. The molecule has 0 aromatic carbocycles. The predicted octanol–water partition coefficient (Wildman–Crippen LogP) is 3.81. The summed E-state index contributed by atoms with van der Waals surface area (Å²) in [5.74, 6) is 2.15. The fourth-order valence-electron chi connectivity index (χ4n) is 2.81. The second-order valence-corrected chi connectivity index (χ2v) is 7.19. The fourth-order valence-corrected chi connectivity index (χ4v) is 4.24. The molecule has 2 heterocycles. The molecule has 1 aliphatic heterocycles. The van der Waals surface area contributed by atoms with Gasteiger partial charge in [0.2, 0.25) is 0 Å². The van der Waals surface area contributed by atoms with Crippen LogP contribution in [0.3, 0.4) is 0 Å². The Morgan fingerprint density at radius 2 is 2.30 bits per heavy atom. The lowest BCUT2D eigenvalue weighted by Gasteiger charge is -2.34. The highest BCUT2D eigenvalue weighted by Crippen LogP contribution is 2.46. The molecular formula is C16H26N2OS. The number of nitrogens with zero attached hydrogens (tertiary/aromatic N) is 1. The molecule has 1 N–H and O–H groups in total. The molecule has 2 rings (SSSR count). The van der Waals surface area contributed by atoms with E-state index in [9.17, 15) is 0 Å². The third-order valence-electron chi connectivity index (χ3n) is 3.81. The molecule has 20 heavy (non-hydrogen) atoms. The van der Waals surface area contributed by atoms with Gasteiger partial charge in [0.05, 0.1) is 12.8 Å². The van der Waals surface area contributed by atoms with E-state index in [4.69, 9.17) is 4.74 Å². The highest BCUT2D eigenvalue weighted by atomic mass is 32.2. The number of rotatable bonds is 7. The third kappa shape index (κ3) is 3.67. The van der Waals surface area contributed by atoms with Gasteiger partial charge in [0.1, 0.15) is 5.75 Å². The van der Waals surface area contributed by atoms with Gasteiger partial charge in [-0.1, -0.05) is 13.8 Å². The molecule has 0 aliphatic carbocycles. The first-order valence-corrected chi connectivity index (χ1v) is 8.63. The molecule has 0 saturated carbocycles. The minimum atomic E-state index is 0.265. The Hall–Kier alpha value is -0.740. The summed E-state index contributed by atoms with van der Waals surface area (Å²) in [5, 5.41) is 3.65. The maximum atomic E-state index is 5.72. The van der Waals surface area contributed by atoms with Crippen LogP contribution in [0.5, 0.6) is 5.75 Å². The monoisotopic (exact) mass is 294 g/mol. The molecule has 0 bridgehead atoms. The molecule has 4 heteroatoms. The number of thioether (sulfide) groups is 1. The van der Waals surface area contributed by atoms with Crippen LogP contribution in [0, 0.1) is 0 Å². The van der Waals surface area contributed by atoms with Crippen molar-refractivity contribution in [1.29, 1.82) is 0 Å². The zero-order chi connectivity index (χ0) is 14.4. The average Bonchev–Trinajstić information content (AvgIpc) is 2.90. The molecule has 1 fully saturated rings. The van der Waals surface area contributed by atoms with Gasteiger partial charge in [0, 0.05) is 17.0 Å². The molecule has 0 spiro atoms. The number of aromatic nitrogens is 1. The summed E-state index contributed by atoms with van der Waals surface area (Å²) in [6, 6.07) is 2.50. The molecule has 2 atom stereocenters. The molecule has 1 aromatic rings. The van der Waals surface area contributed by atoms with E-state index in [0.29, 0.717) is 6.04 Å². The number of pyridine rings is 1. The van der Waals surface area contributed by atoms with Gasteiger partial charge in [0.25, 0.3) is 0 Å². The van der Waals surface area contributed by atoms with Gasteiger partial charge < -0.3 is 10.1 Å². The lowest BCUT2D eigenvalue weighted by Crippen LogP contribution is -2.37. The van der Waals surface area contributed by atoms with E-state index in [1.165, 1.54) is 24.2 Å². The molecule has 0 amide bonds. The van der Waals surface area contributed by atoms with Crippen LogP contribution in [-0.2, 0) is 0 Å². The highest BCUT2D eigenvalue weighted by Gasteiger charge is 2.38. The Bertz CT molecular complexity index is 419. The molecule has 0 radical (unpaired) electrons. The highest BCUT2D eigenvalue weighted by molar-refractivity contribution is 8.00. The van der Waals surface area contributed by atoms with Crippen molar-refractivity contribution in [2.45, 2.75) is 50.8 Å². The summed E-state index contributed by atoms with van der Waals surface area (Å²) < 4.78 is 5.99. The van der Waals surface area contributed by atoms with Gasteiger partial charge in [-0.15, -0.1) is 0 Å². The quantitative estimate of drug-likeness (QED) is 0.829. The summed E-state index contributed by atoms with van der Waals surface area (Å²) in [7, 11) is 0. The summed E-state index contributed by atoms with van der Waals surface area (Å²) in [5.41, 5.74) is 1.25. The summed E-state index contributed by atoms with van der Waals surface area (Å²) in [4.78, 5) is 4.37. The van der Waals surface area contributed by atoms with Crippen LogP contribution in [0.2, 0.25) is 0 Å². The molecule has 112 valence electrons. The number of ether oxygens (including phenoxy) is 1. The fraction of sp³-hybridized carbons (Fsp3) is 0.688. The molecule has 1 aliphatic rings. The first-order chi connectivity index (χ1) is 9.69. The number of nitrogens with one attached hydrogen (secondary N) is 1. The van der Waals surface area contributed by atoms with Gasteiger partial charge >= 0.3 is 0 Å². The predicted molar refractivity (Wildman–Crippen MR) is 86.5 cm³/mol. The van der Waals surface area contributed by atoms with E-state index in [-0.39, 0.29) is 4.75 Å². The van der Waals surface area contributed by atoms with Gasteiger partial charge in [-0.25, -0.2) is 0 Å². The standard InChI is InChI=1S/C16H26N2OS/c1-4-8-19-14-10-13(11-17-12-14)15(18-5-2)16(3)7-6-9-20-16/h10-12,15,18H,4-9H2,1-3H3. The Morgan fingerprint density at radius 3 is 2.95 bits per heavy atom. The molecule has 1 saturated heterocycles. The van der Waals surface area contributed by atoms with Gasteiger partial charge in [-0.2, -0.15) is 11.8 Å². The average molecular weight is 294 g/mol.